The zero-order valence-corrected chi connectivity index (χ0v) is 16.8. The summed E-state index contributed by atoms with van der Waals surface area (Å²) in [6.45, 7) is 0. The molecule has 0 saturated carbocycles. The number of para-hydroxylation sites is 1. The highest BCUT2D eigenvalue weighted by atomic mass is 35.5. The maximum Gasteiger partial charge on any atom is 0.196 e. The van der Waals surface area contributed by atoms with Crippen molar-refractivity contribution < 1.29 is 14.2 Å². The summed E-state index contributed by atoms with van der Waals surface area (Å²) in [5, 5.41) is 11.2. The lowest BCUT2D eigenvalue weighted by molar-refractivity contribution is 0.414. The molecule has 0 atom stereocenters. The van der Waals surface area contributed by atoms with Crippen molar-refractivity contribution in [2.45, 2.75) is 0 Å². The molecule has 0 spiro atoms. The Morgan fingerprint density at radius 1 is 1.00 bits per heavy atom. The molecule has 0 aliphatic rings. The van der Waals surface area contributed by atoms with Crippen LogP contribution in [0.4, 0.5) is 10.1 Å². The van der Waals surface area contributed by atoms with Crippen molar-refractivity contribution in [3.05, 3.63) is 95.4 Å². The van der Waals surface area contributed by atoms with Crippen LogP contribution in [0.15, 0.2) is 83.9 Å². The third kappa shape index (κ3) is 3.93. The topological polar surface area (TPSA) is 46.8 Å². The van der Waals surface area contributed by atoms with E-state index < -0.39 is 0 Å². The Bertz CT molecular complexity index is 1200. The van der Waals surface area contributed by atoms with Gasteiger partial charge in [0.15, 0.2) is 5.88 Å². The average Bonchev–Trinajstić information content (AvgIpc) is 3.09. The van der Waals surface area contributed by atoms with Crippen LogP contribution in [0.3, 0.4) is 0 Å². The van der Waals surface area contributed by atoms with Crippen LogP contribution in [0.5, 0.6) is 11.6 Å². The zero-order chi connectivity index (χ0) is 21.1. The second-order valence-electron chi connectivity index (χ2n) is 6.55. The number of aliphatic imine (C=N–C) groups is 1. The number of nitrogens with zero attached hydrogens (tertiary/aromatic N) is 2. The maximum absolute atomic E-state index is 13.4. The van der Waals surface area contributed by atoms with E-state index in [9.17, 15) is 9.50 Å². The smallest absolute Gasteiger partial charge is 0.196 e. The Morgan fingerprint density at radius 3 is 2.37 bits per heavy atom. The molecule has 0 radical (unpaired) electrons. The first-order valence-electron chi connectivity index (χ1n) is 9.20. The molecule has 1 heterocycles. The lowest BCUT2D eigenvalue weighted by atomic mass is 10.1. The fraction of sp³-hybridized carbons (Fsp3) is 0.0417. The molecular formula is C24H18ClFN2O2. The number of methoxy groups -OCH3 is 1. The first-order chi connectivity index (χ1) is 14.6. The summed E-state index contributed by atoms with van der Waals surface area (Å²) in [5.41, 5.74) is 3.41. The monoisotopic (exact) mass is 420 g/mol. The van der Waals surface area contributed by atoms with Gasteiger partial charge in [-0.05, 0) is 54.1 Å². The largest absolute Gasteiger partial charge is 0.497 e. The number of benzene rings is 3. The molecule has 4 rings (SSSR count). The summed E-state index contributed by atoms with van der Waals surface area (Å²) in [6, 6.07) is 22.2. The van der Waals surface area contributed by atoms with E-state index in [1.807, 2.05) is 24.3 Å². The van der Waals surface area contributed by atoms with Crippen LogP contribution in [-0.2, 0) is 0 Å². The molecule has 1 aromatic heterocycles. The van der Waals surface area contributed by atoms with Crippen LogP contribution in [0.1, 0.15) is 5.69 Å². The first-order valence-corrected chi connectivity index (χ1v) is 9.58. The predicted molar refractivity (Wildman–Crippen MR) is 118 cm³/mol. The molecule has 0 saturated heterocycles. The molecule has 6 heteroatoms. The minimum atomic E-state index is -0.330. The molecule has 3 aromatic carbocycles. The summed E-state index contributed by atoms with van der Waals surface area (Å²) >= 11 is 6.23. The minimum absolute atomic E-state index is 0.0279. The van der Waals surface area contributed by atoms with Gasteiger partial charge in [0, 0.05) is 17.3 Å². The van der Waals surface area contributed by atoms with Gasteiger partial charge in [-0.15, -0.1) is 0 Å². The standard InChI is InChI=1S/C24H18ClFN2O2/c1-30-19-12-10-18(11-13-19)28-23(15-27-22-5-3-2-4-21(22)25)20(14-24(28)29)16-6-8-17(26)9-7-16/h2-15,29H,1H3. The summed E-state index contributed by atoms with van der Waals surface area (Å²) in [5.74, 6) is 0.402. The van der Waals surface area contributed by atoms with Crippen molar-refractivity contribution in [1.82, 2.24) is 4.57 Å². The normalized spacial score (nSPS) is 11.2. The molecule has 4 aromatic rings. The van der Waals surface area contributed by atoms with E-state index in [2.05, 4.69) is 4.99 Å². The number of halogens is 2. The van der Waals surface area contributed by atoms with E-state index in [4.69, 9.17) is 16.3 Å². The van der Waals surface area contributed by atoms with E-state index in [1.54, 1.807) is 60.4 Å². The highest BCUT2D eigenvalue weighted by Crippen LogP contribution is 2.34. The fourth-order valence-corrected chi connectivity index (χ4v) is 3.37. The summed E-state index contributed by atoms with van der Waals surface area (Å²) in [7, 11) is 1.59. The number of hydrogen-bond donors (Lipinski definition) is 1. The Kier molecular flexibility index (Phi) is 5.55. The van der Waals surface area contributed by atoms with Gasteiger partial charge in [-0.2, -0.15) is 0 Å². The van der Waals surface area contributed by atoms with Crippen LogP contribution in [-0.4, -0.2) is 23.0 Å². The van der Waals surface area contributed by atoms with E-state index in [-0.39, 0.29) is 11.7 Å². The van der Waals surface area contributed by atoms with Gasteiger partial charge in [0.1, 0.15) is 11.6 Å². The van der Waals surface area contributed by atoms with Gasteiger partial charge < -0.3 is 9.84 Å². The zero-order valence-electron chi connectivity index (χ0n) is 16.1. The molecule has 1 N–H and O–H groups in total. The molecular weight excluding hydrogens is 403 g/mol. The van der Waals surface area contributed by atoms with Crippen LogP contribution >= 0.6 is 11.6 Å². The van der Waals surface area contributed by atoms with Gasteiger partial charge in [-0.3, -0.25) is 9.56 Å². The van der Waals surface area contributed by atoms with Crippen molar-refractivity contribution in [2.75, 3.05) is 7.11 Å². The average molecular weight is 421 g/mol. The van der Waals surface area contributed by atoms with Crippen LogP contribution < -0.4 is 4.74 Å². The van der Waals surface area contributed by atoms with E-state index in [1.165, 1.54) is 12.1 Å². The van der Waals surface area contributed by atoms with Gasteiger partial charge in [-0.1, -0.05) is 35.9 Å². The number of ether oxygens (including phenoxy) is 1. The Hall–Kier alpha value is -3.57. The predicted octanol–water partition coefficient (Wildman–Crippen LogP) is 6.40. The molecule has 0 aliphatic heterocycles. The van der Waals surface area contributed by atoms with Crippen molar-refractivity contribution in [1.29, 1.82) is 0 Å². The third-order valence-corrected chi connectivity index (χ3v) is 5.00. The second kappa shape index (κ2) is 8.43. The van der Waals surface area contributed by atoms with E-state index in [0.717, 1.165) is 11.3 Å². The SMILES string of the molecule is COc1ccc(-n2c(O)cc(-c3ccc(F)cc3)c2C=Nc2ccccc2Cl)cc1. The molecule has 0 unspecified atom stereocenters. The van der Waals surface area contributed by atoms with Crippen LogP contribution in [0, 0.1) is 5.82 Å². The van der Waals surface area contributed by atoms with Gasteiger partial charge in [0.05, 0.1) is 29.7 Å². The Labute approximate surface area is 178 Å². The molecule has 150 valence electrons. The van der Waals surface area contributed by atoms with Crippen molar-refractivity contribution in [3.8, 4) is 28.4 Å². The van der Waals surface area contributed by atoms with Gasteiger partial charge in [0.25, 0.3) is 0 Å². The first kappa shape index (κ1) is 19.7. The summed E-state index contributed by atoms with van der Waals surface area (Å²) in [4.78, 5) is 4.53. The van der Waals surface area contributed by atoms with Crippen LogP contribution in [0.2, 0.25) is 5.02 Å². The maximum atomic E-state index is 13.4. The fourth-order valence-electron chi connectivity index (χ4n) is 3.19. The molecule has 4 nitrogen and oxygen atoms in total. The van der Waals surface area contributed by atoms with Crippen molar-refractivity contribution >= 4 is 23.5 Å². The van der Waals surface area contributed by atoms with Crippen LogP contribution in [0.25, 0.3) is 16.8 Å². The Morgan fingerprint density at radius 2 is 1.70 bits per heavy atom. The Balaban J connectivity index is 1.88. The molecule has 0 bridgehead atoms. The van der Waals surface area contributed by atoms with E-state index >= 15 is 0 Å². The van der Waals surface area contributed by atoms with E-state index in [0.29, 0.717) is 27.7 Å². The lowest BCUT2D eigenvalue weighted by Crippen LogP contribution is -2.00. The quantitative estimate of drug-likeness (QED) is 0.379. The molecule has 0 fully saturated rings. The summed E-state index contributed by atoms with van der Waals surface area (Å²) < 4.78 is 20.3. The highest BCUT2D eigenvalue weighted by Gasteiger charge is 2.17. The number of rotatable bonds is 5. The van der Waals surface area contributed by atoms with Gasteiger partial charge in [0.2, 0.25) is 0 Å². The number of hydrogen-bond acceptors (Lipinski definition) is 3. The molecule has 0 amide bonds. The number of aromatic nitrogens is 1. The van der Waals surface area contributed by atoms with Gasteiger partial charge in [-0.25, -0.2) is 4.39 Å². The van der Waals surface area contributed by atoms with Crippen molar-refractivity contribution in [2.24, 2.45) is 4.99 Å². The molecule has 30 heavy (non-hydrogen) atoms. The van der Waals surface area contributed by atoms with Crippen molar-refractivity contribution in [3.63, 3.8) is 0 Å². The second-order valence-corrected chi connectivity index (χ2v) is 6.96. The molecule has 0 aliphatic carbocycles. The lowest BCUT2D eigenvalue weighted by Gasteiger charge is -2.10. The highest BCUT2D eigenvalue weighted by molar-refractivity contribution is 6.33. The third-order valence-electron chi connectivity index (χ3n) is 4.68. The number of aromatic hydroxyl groups is 1. The van der Waals surface area contributed by atoms with Gasteiger partial charge >= 0.3 is 0 Å². The summed E-state index contributed by atoms with van der Waals surface area (Å²) in [6.07, 6.45) is 1.64. The minimum Gasteiger partial charge on any atom is -0.497 e.